The Morgan fingerprint density at radius 3 is 2.15 bits per heavy atom. The summed E-state index contributed by atoms with van der Waals surface area (Å²) < 4.78 is 9.82. The molecule has 1 aliphatic carbocycles. The van der Waals surface area contributed by atoms with Crippen molar-refractivity contribution in [3.05, 3.63) is 12.2 Å². The maximum atomic E-state index is 11.9. The van der Waals surface area contributed by atoms with Gasteiger partial charge in [-0.15, -0.1) is 0 Å². The van der Waals surface area contributed by atoms with Crippen LogP contribution in [0.4, 0.5) is 0 Å². The van der Waals surface area contributed by atoms with E-state index >= 15 is 0 Å². The minimum absolute atomic E-state index is 0.00856. The van der Waals surface area contributed by atoms with Crippen molar-refractivity contribution in [1.29, 1.82) is 0 Å². The van der Waals surface area contributed by atoms with Crippen LogP contribution in [0, 0.1) is 17.8 Å². The first-order valence-electron chi connectivity index (χ1n) is 6.72. The fourth-order valence-corrected chi connectivity index (χ4v) is 2.34. The van der Waals surface area contributed by atoms with Crippen LogP contribution < -0.4 is 0 Å². The van der Waals surface area contributed by atoms with Gasteiger partial charge in [0, 0.05) is 5.92 Å². The number of carbonyl (C=O) groups excluding carboxylic acids is 2. The molecule has 2 atom stereocenters. The van der Waals surface area contributed by atoms with E-state index in [2.05, 4.69) is 0 Å². The number of aliphatic carboxylic acids is 1. The maximum absolute atomic E-state index is 11.9. The summed E-state index contributed by atoms with van der Waals surface area (Å²) in [5, 5.41) is 8.77. The molecule has 0 radical (unpaired) electrons. The lowest BCUT2D eigenvalue weighted by molar-refractivity contribution is -0.163. The molecule has 20 heavy (non-hydrogen) atoms. The van der Waals surface area contributed by atoms with E-state index in [-0.39, 0.29) is 31.5 Å². The fraction of sp³-hybridized carbons (Fsp3) is 0.643. The van der Waals surface area contributed by atoms with Crippen LogP contribution in [-0.2, 0) is 23.9 Å². The minimum Gasteiger partial charge on any atom is -0.481 e. The molecule has 0 aliphatic heterocycles. The Kier molecular flexibility index (Phi) is 6.21. The quantitative estimate of drug-likeness (QED) is 0.432. The van der Waals surface area contributed by atoms with Gasteiger partial charge >= 0.3 is 17.9 Å². The number of carboxylic acids is 1. The fourth-order valence-electron chi connectivity index (χ4n) is 2.34. The molecule has 0 spiro atoms. The minimum atomic E-state index is -1.01. The van der Waals surface area contributed by atoms with Crippen LogP contribution in [0.25, 0.3) is 0 Å². The number of esters is 2. The molecular formula is C14H20O6. The van der Waals surface area contributed by atoms with Crippen LogP contribution in [0.5, 0.6) is 0 Å². The van der Waals surface area contributed by atoms with Gasteiger partial charge in [0.1, 0.15) is 0 Å². The van der Waals surface area contributed by atoms with Crippen LogP contribution in [0.1, 0.15) is 26.7 Å². The van der Waals surface area contributed by atoms with Gasteiger partial charge in [-0.1, -0.05) is 12.2 Å². The predicted octanol–water partition coefficient (Wildman–Crippen LogP) is 1.40. The lowest BCUT2D eigenvalue weighted by atomic mass is 9.89. The largest absolute Gasteiger partial charge is 0.481 e. The van der Waals surface area contributed by atoms with E-state index in [1.165, 1.54) is 0 Å². The molecule has 0 heterocycles. The topological polar surface area (TPSA) is 89.9 Å². The Labute approximate surface area is 117 Å². The second kappa shape index (κ2) is 7.67. The molecule has 0 bridgehead atoms. The number of carboxylic acid groups (broad SMARTS) is 1. The summed E-state index contributed by atoms with van der Waals surface area (Å²) in [4.78, 5) is 34.5. The first kappa shape index (κ1) is 16.2. The standard InChI is InChI=1S/C14H20O6/c1-3-19-13(17)12(14(18)20-4-2)10-6-5-9(7-10)8-11(15)16/h5-6,9-10,12H,3-4,7-8H2,1-2H3,(H,15,16). The van der Waals surface area contributed by atoms with Gasteiger partial charge in [0.05, 0.1) is 19.6 Å². The monoisotopic (exact) mass is 284 g/mol. The third-order valence-electron chi connectivity index (χ3n) is 3.15. The Morgan fingerprint density at radius 1 is 1.15 bits per heavy atom. The molecular weight excluding hydrogens is 264 g/mol. The smallest absolute Gasteiger partial charge is 0.320 e. The molecule has 0 aromatic carbocycles. The van der Waals surface area contributed by atoms with Gasteiger partial charge in [0.15, 0.2) is 5.92 Å². The van der Waals surface area contributed by atoms with Gasteiger partial charge < -0.3 is 14.6 Å². The number of rotatable bonds is 7. The highest BCUT2D eigenvalue weighted by atomic mass is 16.6. The molecule has 0 amide bonds. The Bertz CT molecular complexity index is 382. The molecule has 0 aromatic heterocycles. The normalized spacial score (nSPS) is 20.9. The summed E-state index contributed by atoms with van der Waals surface area (Å²) in [5.41, 5.74) is 0. The zero-order valence-corrected chi connectivity index (χ0v) is 11.7. The van der Waals surface area contributed by atoms with Crippen molar-refractivity contribution < 1.29 is 29.0 Å². The second-order valence-electron chi connectivity index (χ2n) is 4.62. The first-order valence-corrected chi connectivity index (χ1v) is 6.72. The molecule has 112 valence electrons. The average Bonchev–Trinajstić information content (AvgIpc) is 2.77. The third-order valence-corrected chi connectivity index (χ3v) is 3.15. The van der Waals surface area contributed by atoms with Crippen molar-refractivity contribution in [2.24, 2.45) is 17.8 Å². The Morgan fingerprint density at radius 2 is 1.70 bits per heavy atom. The van der Waals surface area contributed by atoms with Gasteiger partial charge in [-0.2, -0.15) is 0 Å². The van der Waals surface area contributed by atoms with Gasteiger partial charge in [-0.05, 0) is 26.2 Å². The van der Waals surface area contributed by atoms with Crippen molar-refractivity contribution in [2.45, 2.75) is 26.7 Å². The van der Waals surface area contributed by atoms with E-state index in [1.54, 1.807) is 26.0 Å². The Hall–Kier alpha value is -1.85. The van der Waals surface area contributed by atoms with Crippen LogP contribution in [0.2, 0.25) is 0 Å². The van der Waals surface area contributed by atoms with E-state index in [0.717, 1.165) is 0 Å². The molecule has 1 rings (SSSR count). The zero-order valence-electron chi connectivity index (χ0n) is 11.7. The van der Waals surface area contributed by atoms with Crippen LogP contribution in [0.15, 0.2) is 12.2 Å². The molecule has 0 aromatic rings. The average molecular weight is 284 g/mol. The summed E-state index contributed by atoms with van der Waals surface area (Å²) >= 11 is 0. The molecule has 6 nitrogen and oxygen atoms in total. The van der Waals surface area contributed by atoms with E-state index in [0.29, 0.717) is 6.42 Å². The summed E-state index contributed by atoms with van der Waals surface area (Å²) in [5.74, 6) is -3.66. The number of ether oxygens (including phenoxy) is 2. The summed E-state index contributed by atoms with van der Waals surface area (Å²) in [6, 6.07) is 0. The van der Waals surface area contributed by atoms with E-state index in [4.69, 9.17) is 14.6 Å². The van der Waals surface area contributed by atoms with E-state index < -0.39 is 23.8 Å². The van der Waals surface area contributed by atoms with Crippen molar-refractivity contribution in [3.8, 4) is 0 Å². The molecule has 1 aliphatic rings. The molecule has 0 saturated carbocycles. The molecule has 6 heteroatoms. The summed E-state index contributed by atoms with van der Waals surface area (Å²) in [6.07, 6.45) is 3.89. The van der Waals surface area contributed by atoms with E-state index in [1.807, 2.05) is 0 Å². The van der Waals surface area contributed by atoms with Crippen LogP contribution in [0.3, 0.4) is 0 Å². The second-order valence-corrected chi connectivity index (χ2v) is 4.62. The highest BCUT2D eigenvalue weighted by Gasteiger charge is 2.39. The molecule has 0 fully saturated rings. The van der Waals surface area contributed by atoms with Crippen molar-refractivity contribution in [3.63, 3.8) is 0 Å². The first-order chi connectivity index (χ1) is 9.49. The number of allylic oxidation sites excluding steroid dienone is 2. The van der Waals surface area contributed by atoms with Crippen molar-refractivity contribution >= 4 is 17.9 Å². The highest BCUT2D eigenvalue weighted by molar-refractivity contribution is 5.95. The third kappa shape index (κ3) is 4.36. The summed E-state index contributed by atoms with van der Waals surface area (Å²) in [7, 11) is 0. The van der Waals surface area contributed by atoms with Gasteiger partial charge in [-0.3, -0.25) is 14.4 Å². The molecule has 2 unspecified atom stereocenters. The van der Waals surface area contributed by atoms with Gasteiger partial charge in [0.2, 0.25) is 0 Å². The van der Waals surface area contributed by atoms with Crippen molar-refractivity contribution in [1.82, 2.24) is 0 Å². The maximum Gasteiger partial charge on any atom is 0.320 e. The van der Waals surface area contributed by atoms with Gasteiger partial charge in [0.25, 0.3) is 0 Å². The lowest BCUT2D eigenvalue weighted by Crippen LogP contribution is -2.33. The number of hydrogen-bond donors (Lipinski definition) is 1. The van der Waals surface area contributed by atoms with Crippen LogP contribution >= 0.6 is 0 Å². The summed E-state index contributed by atoms with van der Waals surface area (Å²) in [6.45, 7) is 3.70. The number of hydrogen-bond acceptors (Lipinski definition) is 5. The van der Waals surface area contributed by atoms with Crippen LogP contribution in [-0.4, -0.2) is 36.2 Å². The van der Waals surface area contributed by atoms with Crippen molar-refractivity contribution in [2.75, 3.05) is 13.2 Å². The highest BCUT2D eigenvalue weighted by Crippen LogP contribution is 2.33. The lowest BCUT2D eigenvalue weighted by Gasteiger charge is -2.19. The zero-order chi connectivity index (χ0) is 15.1. The predicted molar refractivity (Wildman–Crippen MR) is 69.7 cm³/mol. The molecule has 1 N–H and O–H groups in total. The SMILES string of the molecule is CCOC(=O)C(C(=O)OCC)C1C=CC(CC(=O)O)C1. The van der Waals surface area contributed by atoms with E-state index in [9.17, 15) is 14.4 Å². The Balaban J connectivity index is 2.75. The van der Waals surface area contributed by atoms with Gasteiger partial charge in [-0.25, -0.2) is 0 Å². The number of carbonyl (C=O) groups is 3. The molecule has 0 saturated heterocycles.